The average molecular weight is 405 g/mol. The molecule has 27 heavy (non-hydrogen) atoms. The van der Waals surface area contributed by atoms with Gasteiger partial charge in [-0.2, -0.15) is 0 Å². The maximum atomic E-state index is 13.0. The Bertz CT molecular complexity index is 891. The number of carbonyl (C=O) groups excluding carboxylic acids is 2. The van der Waals surface area contributed by atoms with E-state index in [9.17, 15) is 9.59 Å². The zero-order valence-corrected chi connectivity index (χ0v) is 17.0. The highest BCUT2D eigenvalue weighted by Gasteiger charge is 2.39. The molecule has 3 rings (SSSR count). The number of benzene rings is 1. The van der Waals surface area contributed by atoms with Crippen LogP contribution in [0.1, 0.15) is 24.3 Å². The number of aryl methyl sites for hydroxylation is 1. The molecule has 0 unspecified atom stereocenters. The van der Waals surface area contributed by atoms with Gasteiger partial charge in [0.1, 0.15) is 5.70 Å². The third kappa shape index (κ3) is 4.24. The lowest BCUT2D eigenvalue weighted by Gasteiger charge is -2.16. The number of nitrogens with zero attached hydrogens (tertiary/aromatic N) is 1. The quantitative estimate of drug-likeness (QED) is 0.698. The van der Waals surface area contributed by atoms with Crippen molar-refractivity contribution in [2.45, 2.75) is 26.9 Å². The second-order valence-electron chi connectivity index (χ2n) is 6.50. The fraction of sp³-hybridized carbons (Fsp3) is 0.300. The maximum absolute atomic E-state index is 13.0. The van der Waals surface area contributed by atoms with Gasteiger partial charge in [-0.15, -0.1) is 11.3 Å². The second-order valence-corrected chi connectivity index (χ2v) is 7.85. The molecule has 1 aromatic heterocycles. The van der Waals surface area contributed by atoms with Crippen molar-refractivity contribution in [1.29, 1.82) is 0 Å². The Balaban J connectivity index is 1.91. The van der Waals surface area contributed by atoms with Crippen molar-refractivity contribution in [2.75, 3.05) is 18.5 Å². The number of hydrogen-bond acceptors (Lipinski definition) is 5. The summed E-state index contributed by atoms with van der Waals surface area (Å²) in [7, 11) is 0. The summed E-state index contributed by atoms with van der Waals surface area (Å²) in [5, 5.41) is 5.58. The first-order valence-corrected chi connectivity index (χ1v) is 9.93. The lowest BCUT2D eigenvalue weighted by atomic mass is 10.1. The zero-order valence-electron chi connectivity index (χ0n) is 15.4. The molecule has 0 bridgehead atoms. The molecule has 0 radical (unpaired) electrons. The molecule has 0 saturated carbocycles. The molecule has 2 aromatic rings. The summed E-state index contributed by atoms with van der Waals surface area (Å²) in [6.07, 6.45) is 0.0369. The number of rotatable bonds is 7. The summed E-state index contributed by atoms with van der Waals surface area (Å²) < 4.78 is 5.51. The van der Waals surface area contributed by atoms with Crippen LogP contribution >= 0.6 is 22.9 Å². The van der Waals surface area contributed by atoms with Gasteiger partial charge >= 0.3 is 0 Å². The van der Waals surface area contributed by atoms with Gasteiger partial charge in [0, 0.05) is 15.6 Å². The van der Waals surface area contributed by atoms with Gasteiger partial charge in [0.2, 0.25) is 0 Å². The van der Waals surface area contributed by atoms with Gasteiger partial charge in [-0.25, -0.2) is 0 Å². The summed E-state index contributed by atoms with van der Waals surface area (Å²) in [5.74, 6) is -0.664. The van der Waals surface area contributed by atoms with Crippen LogP contribution in [0.25, 0.3) is 5.57 Å². The number of anilines is 1. The van der Waals surface area contributed by atoms with E-state index in [1.807, 2.05) is 50.4 Å². The Kier molecular flexibility index (Phi) is 5.99. The van der Waals surface area contributed by atoms with Crippen LogP contribution in [-0.4, -0.2) is 36.0 Å². The predicted octanol–water partition coefficient (Wildman–Crippen LogP) is 4.33. The van der Waals surface area contributed by atoms with E-state index < -0.39 is 0 Å². The molecular formula is C20H21ClN2O3S. The Morgan fingerprint density at radius 3 is 2.63 bits per heavy atom. The topological polar surface area (TPSA) is 58.6 Å². The number of carbonyl (C=O) groups is 2. The van der Waals surface area contributed by atoms with E-state index in [1.165, 1.54) is 16.2 Å². The van der Waals surface area contributed by atoms with E-state index in [-0.39, 0.29) is 30.2 Å². The number of thiophene rings is 1. The lowest BCUT2D eigenvalue weighted by molar-refractivity contribution is -0.137. The van der Waals surface area contributed by atoms with Crippen LogP contribution in [0.3, 0.4) is 0 Å². The molecule has 5 nitrogen and oxygen atoms in total. The van der Waals surface area contributed by atoms with Crippen molar-refractivity contribution >= 4 is 46.0 Å². The fourth-order valence-corrected chi connectivity index (χ4v) is 3.69. The highest BCUT2D eigenvalue weighted by molar-refractivity contribution is 7.11. The Hall–Kier alpha value is -2.15. The Morgan fingerprint density at radius 2 is 2.00 bits per heavy atom. The van der Waals surface area contributed by atoms with Crippen molar-refractivity contribution in [1.82, 2.24) is 4.90 Å². The molecule has 1 aromatic carbocycles. The van der Waals surface area contributed by atoms with Crippen LogP contribution in [0, 0.1) is 6.92 Å². The summed E-state index contributed by atoms with van der Waals surface area (Å²) in [4.78, 5) is 27.9. The number of halogens is 1. The number of nitrogens with one attached hydrogen (secondary N) is 1. The van der Waals surface area contributed by atoms with Gasteiger partial charge in [0.05, 0.1) is 24.8 Å². The van der Waals surface area contributed by atoms with E-state index in [4.69, 9.17) is 16.3 Å². The monoisotopic (exact) mass is 404 g/mol. The van der Waals surface area contributed by atoms with Gasteiger partial charge < -0.3 is 10.1 Å². The number of imide groups is 1. The molecule has 2 heterocycles. The fourth-order valence-electron chi connectivity index (χ4n) is 2.74. The van der Waals surface area contributed by atoms with E-state index in [1.54, 1.807) is 6.07 Å². The minimum atomic E-state index is -0.354. The summed E-state index contributed by atoms with van der Waals surface area (Å²) in [6.45, 7) is 6.25. The first kappa shape index (κ1) is 19.6. The third-order valence-corrected chi connectivity index (χ3v) is 5.44. The SMILES string of the molecule is Cc1ccc(NC2=C(c3cccs3)C(=O)N(CCOC(C)C)C2=O)cc1Cl. The molecule has 0 atom stereocenters. The van der Waals surface area contributed by atoms with Crippen molar-refractivity contribution < 1.29 is 14.3 Å². The highest BCUT2D eigenvalue weighted by atomic mass is 35.5. The van der Waals surface area contributed by atoms with Gasteiger partial charge in [0.15, 0.2) is 0 Å². The largest absolute Gasteiger partial charge is 0.377 e. The summed E-state index contributed by atoms with van der Waals surface area (Å²) >= 11 is 7.62. The molecule has 1 N–H and O–H groups in total. The molecule has 2 amide bonds. The predicted molar refractivity (Wildman–Crippen MR) is 109 cm³/mol. The van der Waals surface area contributed by atoms with Crippen LogP contribution in [0.15, 0.2) is 41.4 Å². The third-order valence-electron chi connectivity index (χ3n) is 4.14. The van der Waals surface area contributed by atoms with Gasteiger partial charge in [0.25, 0.3) is 11.8 Å². The van der Waals surface area contributed by atoms with Crippen LogP contribution in [0.5, 0.6) is 0 Å². The molecule has 0 aliphatic carbocycles. The Morgan fingerprint density at radius 1 is 1.22 bits per heavy atom. The van der Waals surface area contributed by atoms with Crippen molar-refractivity contribution in [3.63, 3.8) is 0 Å². The van der Waals surface area contributed by atoms with Crippen molar-refractivity contribution in [3.05, 3.63) is 56.9 Å². The van der Waals surface area contributed by atoms with Crippen molar-refractivity contribution in [2.24, 2.45) is 0 Å². The Labute approximate surface area is 167 Å². The molecule has 0 spiro atoms. The van der Waals surface area contributed by atoms with E-state index in [2.05, 4.69) is 5.32 Å². The normalized spacial score (nSPS) is 14.6. The number of ether oxygens (including phenoxy) is 1. The van der Waals surface area contributed by atoms with E-state index in [0.29, 0.717) is 22.9 Å². The highest BCUT2D eigenvalue weighted by Crippen LogP contribution is 2.33. The minimum Gasteiger partial charge on any atom is -0.377 e. The molecule has 142 valence electrons. The molecular weight excluding hydrogens is 384 g/mol. The first-order valence-electron chi connectivity index (χ1n) is 8.67. The van der Waals surface area contributed by atoms with Crippen LogP contribution in [0.2, 0.25) is 5.02 Å². The van der Waals surface area contributed by atoms with E-state index in [0.717, 1.165) is 10.4 Å². The molecule has 0 saturated heterocycles. The van der Waals surface area contributed by atoms with Gasteiger partial charge in [-0.05, 0) is 49.9 Å². The summed E-state index contributed by atoms with van der Waals surface area (Å²) in [6, 6.07) is 9.14. The first-order chi connectivity index (χ1) is 12.9. The number of amides is 2. The minimum absolute atomic E-state index is 0.0369. The zero-order chi connectivity index (χ0) is 19.6. The lowest BCUT2D eigenvalue weighted by Crippen LogP contribution is -2.35. The molecule has 0 fully saturated rings. The van der Waals surface area contributed by atoms with E-state index >= 15 is 0 Å². The van der Waals surface area contributed by atoms with Crippen LogP contribution < -0.4 is 5.32 Å². The second kappa shape index (κ2) is 8.25. The maximum Gasteiger partial charge on any atom is 0.278 e. The number of hydrogen-bond donors (Lipinski definition) is 1. The van der Waals surface area contributed by atoms with Crippen molar-refractivity contribution in [3.8, 4) is 0 Å². The average Bonchev–Trinajstić information content (AvgIpc) is 3.21. The molecule has 7 heteroatoms. The smallest absolute Gasteiger partial charge is 0.278 e. The molecule has 1 aliphatic rings. The van der Waals surface area contributed by atoms with Gasteiger partial charge in [-0.1, -0.05) is 23.7 Å². The van der Waals surface area contributed by atoms with Crippen LogP contribution in [0.4, 0.5) is 5.69 Å². The van der Waals surface area contributed by atoms with Crippen LogP contribution in [-0.2, 0) is 14.3 Å². The molecule has 1 aliphatic heterocycles. The summed E-state index contributed by atoms with van der Waals surface area (Å²) in [5.41, 5.74) is 2.26. The van der Waals surface area contributed by atoms with Gasteiger partial charge in [-0.3, -0.25) is 14.5 Å². The standard InChI is InChI=1S/C20H21ClN2O3S/c1-12(2)26-9-8-23-19(24)17(16-5-4-10-27-16)18(20(23)25)22-14-7-6-13(3)15(21)11-14/h4-7,10-12,22H,8-9H2,1-3H3.